The predicted molar refractivity (Wildman–Crippen MR) is 97.3 cm³/mol. The van der Waals surface area contributed by atoms with Gasteiger partial charge in [-0.2, -0.15) is 10.2 Å². The Balaban J connectivity index is 1.50. The molecule has 0 saturated carbocycles. The Bertz CT molecular complexity index is 832. The van der Waals surface area contributed by atoms with Gasteiger partial charge in [0, 0.05) is 43.4 Å². The van der Waals surface area contributed by atoms with Crippen molar-refractivity contribution in [1.82, 2.24) is 9.97 Å². The number of aromatic nitrogens is 2. The third-order valence-corrected chi connectivity index (χ3v) is 4.73. The van der Waals surface area contributed by atoms with Crippen LogP contribution in [0.4, 0.5) is 17.5 Å². The smallest absolute Gasteiger partial charge is 0.227 e. The maximum Gasteiger partial charge on any atom is 0.227 e. The van der Waals surface area contributed by atoms with Crippen LogP contribution >= 0.6 is 0 Å². The zero-order valence-electron chi connectivity index (χ0n) is 14.7. The minimum atomic E-state index is -0.404. The highest BCUT2D eigenvalue weighted by molar-refractivity contribution is 5.59. The molecule has 1 aromatic heterocycles. The minimum Gasteiger partial charge on any atom is -0.347 e. The van der Waals surface area contributed by atoms with Crippen LogP contribution in [0.5, 0.6) is 0 Å². The number of anilines is 3. The molecule has 0 atom stereocenters. The monoisotopic (exact) mass is 351 g/mol. The van der Waals surface area contributed by atoms with E-state index in [2.05, 4.69) is 26.3 Å². The van der Waals surface area contributed by atoms with Gasteiger partial charge in [0.25, 0.3) is 0 Å². The highest BCUT2D eigenvalue weighted by Gasteiger charge is 2.40. The summed E-state index contributed by atoms with van der Waals surface area (Å²) in [6.45, 7) is 4.91. The number of aryl methyl sites for hydroxylation is 1. The Hall–Kier alpha value is -2.69. The van der Waals surface area contributed by atoms with Crippen LogP contribution in [0.15, 0.2) is 30.3 Å². The molecule has 1 aromatic carbocycles. The largest absolute Gasteiger partial charge is 0.347 e. The molecule has 2 aliphatic rings. The molecule has 0 unspecified atom stereocenters. The van der Waals surface area contributed by atoms with Crippen molar-refractivity contribution in [3.63, 3.8) is 0 Å². The van der Waals surface area contributed by atoms with Crippen molar-refractivity contribution in [2.24, 2.45) is 0 Å². The van der Waals surface area contributed by atoms with Crippen molar-refractivity contribution in [1.29, 1.82) is 5.26 Å². The summed E-state index contributed by atoms with van der Waals surface area (Å²) in [6, 6.07) is 11.4. The predicted octanol–water partition coefficient (Wildman–Crippen LogP) is 2.74. The van der Waals surface area contributed by atoms with Gasteiger partial charge in [-0.25, -0.2) is 4.98 Å². The Kier molecular flexibility index (Phi) is 4.45. The van der Waals surface area contributed by atoms with Crippen molar-refractivity contribution in [3.8, 4) is 6.07 Å². The molecule has 0 radical (unpaired) electrons. The lowest BCUT2D eigenvalue weighted by Crippen LogP contribution is -2.45. The van der Waals surface area contributed by atoms with Gasteiger partial charge in [-0.15, -0.1) is 0 Å². The first-order valence-corrected chi connectivity index (χ1v) is 8.82. The first-order chi connectivity index (χ1) is 12.7. The molecule has 7 nitrogen and oxygen atoms in total. The average Bonchev–Trinajstić information content (AvgIpc) is 3.10. The molecule has 0 bridgehead atoms. The van der Waals surface area contributed by atoms with E-state index in [1.54, 1.807) is 12.1 Å². The summed E-state index contributed by atoms with van der Waals surface area (Å²) in [5, 5.41) is 12.3. The molecule has 7 heteroatoms. The van der Waals surface area contributed by atoms with Gasteiger partial charge in [0.2, 0.25) is 5.95 Å². The van der Waals surface area contributed by atoms with Crippen molar-refractivity contribution in [2.75, 3.05) is 36.5 Å². The lowest BCUT2D eigenvalue weighted by Gasteiger charge is -2.37. The van der Waals surface area contributed by atoms with Crippen LogP contribution in [0.2, 0.25) is 0 Å². The molecule has 2 aromatic rings. The number of hydrogen-bond acceptors (Lipinski definition) is 7. The van der Waals surface area contributed by atoms with Gasteiger partial charge < -0.3 is 19.7 Å². The van der Waals surface area contributed by atoms with E-state index in [-0.39, 0.29) is 0 Å². The SMILES string of the molecule is Cc1cc(Nc2cccc(C#N)c2)nc(N2CCC3(CC2)OCCO3)n1. The first kappa shape index (κ1) is 16.8. The lowest BCUT2D eigenvalue weighted by atomic mass is 10.0. The fourth-order valence-electron chi connectivity index (χ4n) is 3.41. The number of hydrogen-bond donors (Lipinski definition) is 1. The topological polar surface area (TPSA) is 83.3 Å². The summed E-state index contributed by atoms with van der Waals surface area (Å²) < 4.78 is 11.6. The average molecular weight is 351 g/mol. The fraction of sp³-hybridized carbons (Fsp3) is 0.421. The van der Waals surface area contributed by atoms with Gasteiger partial charge in [-0.1, -0.05) is 6.07 Å². The Morgan fingerprint density at radius 1 is 1.15 bits per heavy atom. The summed E-state index contributed by atoms with van der Waals surface area (Å²) in [5.41, 5.74) is 2.33. The van der Waals surface area contributed by atoms with Gasteiger partial charge in [0.15, 0.2) is 5.79 Å². The highest BCUT2D eigenvalue weighted by atomic mass is 16.7. The van der Waals surface area contributed by atoms with Crippen LogP contribution in [0.3, 0.4) is 0 Å². The van der Waals surface area contributed by atoms with Gasteiger partial charge in [0.05, 0.1) is 24.8 Å². The molecular weight excluding hydrogens is 330 g/mol. The number of benzene rings is 1. The van der Waals surface area contributed by atoms with Crippen LogP contribution in [-0.4, -0.2) is 42.1 Å². The van der Waals surface area contributed by atoms with Crippen molar-refractivity contribution in [3.05, 3.63) is 41.6 Å². The molecule has 134 valence electrons. The molecule has 0 amide bonds. The molecule has 2 fully saturated rings. The highest BCUT2D eigenvalue weighted by Crippen LogP contribution is 2.32. The van der Waals surface area contributed by atoms with Crippen LogP contribution in [0.25, 0.3) is 0 Å². The van der Waals surface area contributed by atoms with E-state index in [9.17, 15) is 0 Å². The van der Waals surface area contributed by atoms with Crippen LogP contribution in [-0.2, 0) is 9.47 Å². The van der Waals surface area contributed by atoms with E-state index < -0.39 is 5.79 Å². The number of nitrogens with one attached hydrogen (secondary N) is 1. The summed E-state index contributed by atoms with van der Waals surface area (Å²) >= 11 is 0. The van der Waals surface area contributed by atoms with Gasteiger partial charge in [0.1, 0.15) is 5.82 Å². The van der Waals surface area contributed by atoms with Gasteiger partial charge in [-0.05, 0) is 25.1 Å². The summed E-state index contributed by atoms with van der Waals surface area (Å²) in [6.07, 6.45) is 1.63. The second-order valence-corrected chi connectivity index (χ2v) is 6.61. The Morgan fingerprint density at radius 2 is 1.92 bits per heavy atom. The second kappa shape index (κ2) is 6.90. The normalized spacial score (nSPS) is 18.7. The number of nitrogens with zero attached hydrogens (tertiary/aromatic N) is 4. The van der Waals surface area contributed by atoms with E-state index in [4.69, 9.17) is 14.7 Å². The maximum absolute atomic E-state index is 9.04. The molecule has 2 aliphatic heterocycles. The third kappa shape index (κ3) is 3.47. The van der Waals surface area contributed by atoms with E-state index in [1.807, 2.05) is 25.1 Å². The zero-order valence-corrected chi connectivity index (χ0v) is 14.7. The van der Waals surface area contributed by atoms with Crippen molar-refractivity contribution < 1.29 is 9.47 Å². The van der Waals surface area contributed by atoms with Crippen molar-refractivity contribution >= 4 is 17.5 Å². The van der Waals surface area contributed by atoms with E-state index >= 15 is 0 Å². The third-order valence-electron chi connectivity index (χ3n) is 4.73. The fourth-order valence-corrected chi connectivity index (χ4v) is 3.41. The van der Waals surface area contributed by atoms with Crippen LogP contribution in [0, 0.1) is 18.3 Å². The molecule has 2 saturated heterocycles. The maximum atomic E-state index is 9.04. The van der Waals surface area contributed by atoms with Crippen molar-refractivity contribution in [2.45, 2.75) is 25.6 Å². The summed E-state index contributed by atoms with van der Waals surface area (Å²) in [4.78, 5) is 11.4. The number of ether oxygens (including phenoxy) is 2. The number of piperidine rings is 1. The zero-order chi connectivity index (χ0) is 18.0. The summed E-state index contributed by atoms with van der Waals surface area (Å²) in [5.74, 6) is 1.02. The Morgan fingerprint density at radius 3 is 2.65 bits per heavy atom. The number of nitriles is 1. The van der Waals surface area contributed by atoms with Crippen LogP contribution < -0.4 is 10.2 Å². The quantitative estimate of drug-likeness (QED) is 0.910. The second-order valence-electron chi connectivity index (χ2n) is 6.61. The molecule has 0 aliphatic carbocycles. The number of rotatable bonds is 3. The van der Waals surface area contributed by atoms with E-state index in [0.29, 0.717) is 24.7 Å². The van der Waals surface area contributed by atoms with Gasteiger partial charge in [-0.3, -0.25) is 0 Å². The van der Waals surface area contributed by atoms with Gasteiger partial charge >= 0.3 is 0 Å². The summed E-state index contributed by atoms with van der Waals surface area (Å²) in [7, 11) is 0. The minimum absolute atomic E-state index is 0.404. The Labute approximate surface area is 152 Å². The van der Waals surface area contributed by atoms with E-state index in [0.717, 1.165) is 43.1 Å². The lowest BCUT2D eigenvalue weighted by molar-refractivity contribution is -0.169. The molecular formula is C19H21N5O2. The van der Waals surface area contributed by atoms with Crippen LogP contribution in [0.1, 0.15) is 24.1 Å². The molecule has 1 N–H and O–H groups in total. The molecule has 3 heterocycles. The molecule has 1 spiro atoms. The first-order valence-electron chi connectivity index (χ1n) is 8.82. The molecule has 26 heavy (non-hydrogen) atoms. The molecule has 4 rings (SSSR count). The van der Waals surface area contributed by atoms with E-state index in [1.165, 1.54) is 0 Å². The standard InChI is InChI=1S/C19H21N5O2/c1-14-11-17(22-16-4-2-3-15(12-16)13-20)23-18(21-14)24-7-5-19(6-8-24)25-9-10-26-19/h2-4,11-12H,5-10H2,1H3,(H,21,22,23).